The largest absolute Gasteiger partial charge is 0.277 e. The third-order valence-corrected chi connectivity index (χ3v) is 4.94. The molecule has 0 aliphatic heterocycles. The third-order valence-electron chi connectivity index (χ3n) is 3.55. The van der Waals surface area contributed by atoms with E-state index in [1.54, 1.807) is 18.3 Å². The number of nitrogens with zero attached hydrogens (tertiary/aromatic N) is 1. The third kappa shape index (κ3) is 2.80. The van der Waals surface area contributed by atoms with Crippen LogP contribution in [-0.4, -0.2) is 13.4 Å². The van der Waals surface area contributed by atoms with Gasteiger partial charge in [0.15, 0.2) is 0 Å². The van der Waals surface area contributed by atoms with E-state index >= 15 is 0 Å². The molecular formula is C17H16N2O2S. The molecule has 0 radical (unpaired) electrons. The summed E-state index contributed by atoms with van der Waals surface area (Å²) in [7, 11) is -3.62. The molecule has 0 aliphatic carbocycles. The molecule has 3 aromatic rings. The molecule has 22 heavy (non-hydrogen) atoms. The van der Waals surface area contributed by atoms with Gasteiger partial charge in [0.25, 0.3) is 10.0 Å². The van der Waals surface area contributed by atoms with Crippen LogP contribution in [0.25, 0.3) is 10.8 Å². The molecule has 0 aliphatic rings. The van der Waals surface area contributed by atoms with Crippen molar-refractivity contribution in [2.45, 2.75) is 18.2 Å². The smallest absolute Gasteiger partial charge is 0.261 e. The van der Waals surface area contributed by atoms with Gasteiger partial charge in [-0.3, -0.25) is 9.71 Å². The highest BCUT2D eigenvalue weighted by Gasteiger charge is 2.15. The van der Waals surface area contributed by atoms with Gasteiger partial charge in [-0.2, -0.15) is 0 Å². The second-order valence-electron chi connectivity index (χ2n) is 5.01. The van der Waals surface area contributed by atoms with Crippen LogP contribution in [0.5, 0.6) is 0 Å². The average molecular weight is 312 g/mol. The molecule has 4 nitrogen and oxygen atoms in total. The summed E-state index contributed by atoms with van der Waals surface area (Å²) in [5, 5.41) is 1.72. The topological polar surface area (TPSA) is 59.1 Å². The van der Waals surface area contributed by atoms with Crippen molar-refractivity contribution in [3.63, 3.8) is 0 Å². The maximum Gasteiger partial charge on any atom is 0.261 e. The molecule has 0 fully saturated rings. The zero-order valence-electron chi connectivity index (χ0n) is 12.2. The van der Waals surface area contributed by atoms with Gasteiger partial charge in [-0.1, -0.05) is 43.3 Å². The first kappa shape index (κ1) is 14.5. The first-order valence-corrected chi connectivity index (χ1v) is 8.53. The number of anilines is 1. The van der Waals surface area contributed by atoms with Gasteiger partial charge in [0.1, 0.15) is 0 Å². The minimum Gasteiger partial charge on any atom is -0.277 e. The van der Waals surface area contributed by atoms with Gasteiger partial charge >= 0.3 is 0 Å². The molecule has 1 heterocycles. The van der Waals surface area contributed by atoms with Crippen molar-refractivity contribution in [1.82, 2.24) is 4.98 Å². The first-order chi connectivity index (χ1) is 10.6. The second-order valence-corrected chi connectivity index (χ2v) is 6.69. The Bertz CT molecular complexity index is 898. The van der Waals surface area contributed by atoms with Gasteiger partial charge in [-0.15, -0.1) is 0 Å². The minimum absolute atomic E-state index is 0.248. The predicted octanol–water partition coefficient (Wildman–Crippen LogP) is 3.60. The Morgan fingerprint density at radius 2 is 1.73 bits per heavy atom. The monoisotopic (exact) mass is 312 g/mol. The highest BCUT2D eigenvalue weighted by Crippen LogP contribution is 2.24. The van der Waals surface area contributed by atoms with E-state index in [1.807, 2.05) is 43.3 Å². The van der Waals surface area contributed by atoms with Gasteiger partial charge in [0.05, 0.1) is 16.8 Å². The summed E-state index contributed by atoms with van der Waals surface area (Å²) in [6.45, 7) is 2.03. The molecule has 0 unspecified atom stereocenters. The maximum absolute atomic E-state index is 12.5. The van der Waals surface area contributed by atoms with Gasteiger partial charge in [-0.25, -0.2) is 8.42 Å². The van der Waals surface area contributed by atoms with Gasteiger partial charge in [0.2, 0.25) is 0 Å². The van der Waals surface area contributed by atoms with Gasteiger partial charge in [-0.05, 0) is 24.1 Å². The molecule has 112 valence electrons. The number of hydrogen-bond acceptors (Lipinski definition) is 3. The molecule has 0 spiro atoms. The van der Waals surface area contributed by atoms with E-state index in [0.29, 0.717) is 5.69 Å². The molecule has 5 heteroatoms. The van der Waals surface area contributed by atoms with Gasteiger partial charge in [0, 0.05) is 17.0 Å². The Balaban J connectivity index is 1.99. The molecule has 0 amide bonds. The van der Waals surface area contributed by atoms with Crippen molar-refractivity contribution in [3.05, 3.63) is 66.5 Å². The summed E-state index contributed by atoms with van der Waals surface area (Å²) >= 11 is 0. The van der Waals surface area contributed by atoms with E-state index in [4.69, 9.17) is 0 Å². The molecule has 0 bridgehead atoms. The van der Waals surface area contributed by atoms with Crippen molar-refractivity contribution in [3.8, 4) is 0 Å². The number of fused-ring (bicyclic) bond motifs is 1. The van der Waals surface area contributed by atoms with Crippen LogP contribution >= 0.6 is 0 Å². The molecule has 0 atom stereocenters. The van der Waals surface area contributed by atoms with Crippen molar-refractivity contribution >= 4 is 26.5 Å². The summed E-state index contributed by atoms with van der Waals surface area (Å²) in [5.41, 5.74) is 1.59. The van der Waals surface area contributed by atoms with Crippen LogP contribution in [0.1, 0.15) is 12.5 Å². The van der Waals surface area contributed by atoms with Crippen LogP contribution in [-0.2, 0) is 16.4 Å². The van der Waals surface area contributed by atoms with E-state index in [0.717, 1.165) is 22.8 Å². The van der Waals surface area contributed by atoms with E-state index in [2.05, 4.69) is 9.71 Å². The Labute approximate surface area is 129 Å². The highest BCUT2D eigenvalue weighted by atomic mass is 32.2. The fourth-order valence-electron chi connectivity index (χ4n) is 2.31. The average Bonchev–Trinajstić information content (AvgIpc) is 2.55. The lowest BCUT2D eigenvalue weighted by Crippen LogP contribution is -2.13. The summed E-state index contributed by atoms with van der Waals surface area (Å²) in [6.07, 6.45) is 4.12. The van der Waals surface area contributed by atoms with E-state index in [-0.39, 0.29) is 4.90 Å². The molecule has 0 saturated carbocycles. The molecule has 2 aromatic carbocycles. The number of nitrogens with one attached hydrogen (secondary N) is 1. The molecular weight excluding hydrogens is 296 g/mol. The van der Waals surface area contributed by atoms with Crippen LogP contribution < -0.4 is 4.72 Å². The number of rotatable bonds is 4. The zero-order valence-corrected chi connectivity index (χ0v) is 13.0. The Hall–Kier alpha value is -2.40. The van der Waals surface area contributed by atoms with Crippen LogP contribution in [0, 0.1) is 0 Å². The highest BCUT2D eigenvalue weighted by molar-refractivity contribution is 7.92. The van der Waals surface area contributed by atoms with Gasteiger partial charge < -0.3 is 0 Å². The maximum atomic E-state index is 12.5. The lowest BCUT2D eigenvalue weighted by molar-refractivity contribution is 0.601. The van der Waals surface area contributed by atoms with Crippen molar-refractivity contribution in [2.24, 2.45) is 0 Å². The zero-order chi connectivity index (χ0) is 15.6. The number of aryl methyl sites for hydroxylation is 1. The van der Waals surface area contributed by atoms with Crippen LogP contribution in [0.3, 0.4) is 0 Å². The number of hydrogen-bond donors (Lipinski definition) is 1. The fourth-order valence-corrected chi connectivity index (χ4v) is 3.37. The molecule has 0 saturated heterocycles. The minimum atomic E-state index is -3.62. The van der Waals surface area contributed by atoms with E-state index in [1.165, 1.54) is 6.20 Å². The fraction of sp³-hybridized carbons (Fsp3) is 0.118. The van der Waals surface area contributed by atoms with Crippen LogP contribution in [0.4, 0.5) is 5.69 Å². The predicted molar refractivity (Wildman–Crippen MR) is 88.4 cm³/mol. The van der Waals surface area contributed by atoms with E-state index < -0.39 is 10.0 Å². The summed E-state index contributed by atoms with van der Waals surface area (Å²) in [4.78, 5) is 4.34. The Kier molecular flexibility index (Phi) is 3.81. The number of aromatic nitrogens is 1. The lowest BCUT2D eigenvalue weighted by atomic mass is 10.1. The van der Waals surface area contributed by atoms with Crippen LogP contribution in [0.2, 0.25) is 0 Å². The summed E-state index contributed by atoms with van der Waals surface area (Å²) in [5.74, 6) is 0. The first-order valence-electron chi connectivity index (χ1n) is 7.04. The van der Waals surface area contributed by atoms with Crippen molar-refractivity contribution < 1.29 is 8.42 Å². The number of benzene rings is 2. The SMILES string of the molecule is CCc1ccc(S(=O)(=O)Nc2cncc3ccccc23)cc1. The standard InChI is InChI=1S/C17H16N2O2S/c1-2-13-7-9-15(10-8-13)22(20,21)19-17-12-18-11-14-5-3-4-6-16(14)17/h3-12,19H,2H2,1H3. The quantitative estimate of drug-likeness (QED) is 0.801. The summed E-state index contributed by atoms with van der Waals surface area (Å²) in [6, 6.07) is 14.4. The van der Waals surface area contributed by atoms with Crippen molar-refractivity contribution in [1.29, 1.82) is 0 Å². The van der Waals surface area contributed by atoms with E-state index in [9.17, 15) is 8.42 Å². The molecule has 1 N–H and O–H groups in total. The number of sulfonamides is 1. The molecule has 3 rings (SSSR count). The van der Waals surface area contributed by atoms with Crippen LogP contribution in [0.15, 0.2) is 65.8 Å². The summed E-state index contributed by atoms with van der Waals surface area (Å²) < 4.78 is 27.6. The Morgan fingerprint density at radius 1 is 1.00 bits per heavy atom. The Morgan fingerprint density at radius 3 is 2.45 bits per heavy atom. The lowest BCUT2D eigenvalue weighted by Gasteiger charge is -2.10. The number of pyridine rings is 1. The second kappa shape index (κ2) is 5.77. The molecule has 1 aromatic heterocycles. The normalized spacial score (nSPS) is 11.5. The van der Waals surface area contributed by atoms with Crippen molar-refractivity contribution in [2.75, 3.05) is 4.72 Å².